The SMILES string of the molecule is Cc1cccc(C2=NCc3ccccc3N=C2c2cccc(C)c2)c1. The Labute approximate surface area is 148 Å². The average Bonchev–Trinajstić information content (AvgIpc) is 2.81. The largest absolute Gasteiger partial charge is 0.278 e. The van der Waals surface area contributed by atoms with E-state index in [9.17, 15) is 0 Å². The lowest BCUT2D eigenvalue weighted by molar-refractivity contribution is 1.08. The third kappa shape index (κ3) is 3.16. The van der Waals surface area contributed by atoms with Crippen molar-refractivity contribution >= 4 is 17.1 Å². The quantitative estimate of drug-likeness (QED) is 0.601. The first-order valence-corrected chi connectivity index (χ1v) is 8.56. The molecule has 0 radical (unpaired) electrons. The topological polar surface area (TPSA) is 24.7 Å². The van der Waals surface area contributed by atoms with Gasteiger partial charge in [0.05, 0.1) is 23.7 Å². The molecule has 0 N–H and O–H groups in total. The molecule has 0 aliphatic carbocycles. The molecule has 122 valence electrons. The van der Waals surface area contributed by atoms with Crippen LogP contribution in [0.5, 0.6) is 0 Å². The number of hydrogen-bond acceptors (Lipinski definition) is 2. The maximum absolute atomic E-state index is 5.02. The van der Waals surface area contributed by atoms with E-state index in [2.05, 4.69) is 74.5 Å². The van der Waals surface area contributed by atoms with Gasteiger partial charge >= 0.3 is 0 Å². The highest BCUT2D eigenvalue weighted by molar-refractivity contribution is 6.54. The maximum Gasteiger partial charge on any atom is 0.0967 e. The molecule has 0 fully saturated rings. The summed E-state index contributed by atoms with van der Waals surface area (Å²) in [5.41, 5.74) is 8.75. The number of fused-ring (bicyclic) bond motifs is 1. The molecule has 0 aromatic heterocycles. The van der Waals surface area contributed by atoms with Crippen LogP contribution in [-0.4, -0.2) is 11.4 Å². The number of benzene rings is 3. The Morgan fingerprint density at radius 2 is 1.32 bits per heavy atom. The molecule has 2 heteroatoms. The Bertz CT molecular complexity index is 996. The molecular weight excluding hydrogens is 304 g/mol. The van der Waals surface area contributed by atoms with Crippen LogP contribution < -0.4 is 0 Å². The molecule has 1 aliphatic heterocycles. The zero-order chi connectivity index (χ0) is 17.2. The molecule has 0 bridgehead atoms. The highest BCUT2D eigenvalue weighted by Crippen LogP contribution is 2.26. The van der Waals surface area contributed by atoms with Crippen molar-refractivity contribution in [1.82, 2.24) is 0 Å². The molecule has 4 rings (SSSR count). The molecule has 0 atom stereocenters. The number of para-hydroxylation sites is 1. The van der Waals surface area contributed by atoms with E-state index in [1.165, 1.54) is 11.1 Å². The van der Waals surface area contributed by atoms with Crippen LogP contribution in [0.15, 0.2) is 82.8 Å². The first kappa shape index (κ1) is 15.5. The number of hydrogen-bond donors (Lipinski definition) is 0. The van der Waals surface area contributed by atoms with E-state index < -0.39 is 0 Å². The van der Waals surface area contributed by atoms with Crippen LogP contribution in [0.3, 0.4) is 0 Å². The summed E-state index contributed by atoms with van der Waals surface area (Å²) in [5, 5.41) is 0. The summed E-state index contributed by atoms with van der Waals surface area (Å²) >= 11 is 0. The first-order chi connectivity index (χ1) is 12.2. The highest BCUT2D eigenvalue weighted by Gasteiger charge is 2.18. The van der Waals surface area contributed by atoms with Crippen molar-refractivity contribution in [3.05, 3.63) is 101 Å². The van der Waals surface area contributed by atoms with E-state index in [1.807, 2.05) is 12.1 Å². The van der Waals surface area contributed by atoms with Crippen LogP contribution in [0.1, 0.15) is 27.8 Å². The minimum absolute atomic E-state index is 0.651. The summed E-state index contributed by atoms with van der Waals surface area (Å²) in [4.78, 5) is 9.97. The van der Waals surface area contributed by atoms with Crippen molar-refractivity contribution < 1.29 is 0 Å². The van der Waals surface area contributed by atoms with Gasteiger partial charge in [0, 0.05) is 11.1 Å². The predicted molar refractivity (Wildman–Crippen MR) is 105 cm³/mol. The van der Waals surface area contributed by atoms with Crippen LogP contribution in [0, 0.1) is 13.8 Å². The highest BCUT2D eigenvalue weighted by atomic mass is 14.9. The summed E-state index contributed by atoms with van der Waals surface area (Å²) in [5.74, 6) is 0. The zero-order valence-electron chi connectivity index (χ0n) is 14.5. The molecule has 0 unspecified atom stereocenters. The van der Waals surface area contributed by atoms with Gasteiger partial charge in [-0.25, -0.2) is 4.99 Å². The van der Waals surface area contributed by atoms with Gasteiger partial charge < -0.3 is 0 Å². The number of rotatable bonds is 2. The van der Waals surface area contributed by atoms with Crippen LogP contribution in [-0.2, 0) is 6.54 Å². The van der Waals surface area contributed by atoms with Crippen molar-refractivity contribution in [3.63, 3.8) is 0 Å². The lowest BCUT2D eigenvalue weighted by atomic mass is 9.97. The van der Waals surface area contributed by atoms with Gasteiger partial charge in [0.25, 0.3) is 0 Å². The zero-order valence-corrected chi connectivity index (χ0v) is 14.5. The van der Waals surface area contributed by atoms with Gasteiger partial charge in [-0.05, 0) is 37.6 Å². The summed E-state index contributed by atoms with van der Waals surface area (Å²) in [6.45, 7) is 4.87. The minimum Gasteiger partial charge on any atom is -0.278 e. The smallest absolute Gasteiger partial charge is 0.0967 e. The normalized spacial score (nSPS) is 13.5. The molecule has 3 aromatic rings. The van der Waals surface area contributed by atoms with E-state index in [0.717, 1.165) is 33.8 Å². The van der Waals surface area contributed by atoms with Gasteiger partial charge in [-0.3, -0.25) is 4.99 Å². The fourth-order valence-electron chi connectivity index (χ4n) is 3.18. The Morgan fingerprint density at radius 1 is 0.680 bits per heavy atom. The van der Waals surface area contributed by atoms with Crippen molar-refractivity contribution in [2.45, 2.75) is 20.4 Å². The molecule has 0 saturated heterocycles. The molecule has 25 heavy (non-hydrogen) atoms. The van der Waals surface area contributed by atoms with E-state index in [4.69, 9.17) is 9.98 Å². The average molecular weight is 324 g/mol. The second-order valence-electron chi connectivity index (χ2n) is 6.49. The lowest BCUT2D eigenvalue weighted by Gasteiger charge is -2.11. The molecule has 1 aliphatic rings. The monoisotopic (exact) mass is 324 g/mol. The maximum atomic E-state index is 5.02. The first-order valence-electron chi connectivity index (χ1n) is 8.56. The van der Waals surface area contributed by atoms with E-state index in [-0.39, 0.29) is 0 Å². The summed E-state index contributed by atoms with van der Waals surface area (Å²) in [6.07, 6.45) is 0. The fraction of sp³-hybridized carbons (Fsp3) is 0.130. The molecular formula is C23H20N2. The van der Waals surface area contributed by atoms with Crippen LogP contribution in [0.2, 0.25) is 0 Å². The van der Waals surface area contributed by atoms with Gasteiger partial charge in [-0.1, -0.05) is 65.7 Å². The molecule has 3 aromatic carbocycles. The van der Waals surface area contributed by atoms with E-state index >= 15 is 0 Å². The second-order valence-corrected chi connectivity index (χ2v) is 6.49. The van der Waals surface area contributed by atoms with Crippen molar-refractivity contribution in [2.24, 2.45) is 9.98 Å². The summed E-state index contributed by atoms with van der Waals surface area (Å²) < 4.78 is 0. The van der Waals surface area contributed by atoms with Crippen LogP contribution in [0.4, 0.5) is 5.69 Å². The molecule has 0 amide bonds. The van der Waals surface area contributed by atoms with Crippen LogP contribution in [0.25, 0.3) is 0 Å². The van der Waals surface area contributed by atoms with E-state index in [1.54, 1.807) is 0 Å². The van der Waals surface area contributed by atoms with Gasteiger partial charge in [0.1, 0.15) is 0 Å². The Hall–Kier alpha value is -3.00. The van der Waals surface area contributed by atoms with Gasteiger partial charge in [-0.2, -0.15) is 0 Å². The molecule has 1 heterocycles. The fourth-order valence-corrected chi connectivity index (χ4v) is 3.18. The Morgan fingerprint density at radius 3 is 2.00 bits per heavy atom. The third-order valence-electron chi connectivity index (χ3n) is 4.44. The minimum atomic E-state index is 0.651. The van der Waals surface area contributed by atoms with Gasteiger partial charge in [0.2, 0.25) is 0 Å². The van der Waals surface area contributed by atoms with Crippen LogP contribution >= 0.6 is 0 Å². The summed E-state index contributed by atoms with van der Waals surface area (Å²) in [6, 6.07) is 25.2. The summed E-state index contributed by atoms with van der Waals surface area (Å²) in [7, 11) is 0. The number of aryl methyl sites for hydroxylation is 2. The lowest BCUT2D eigenvalue weighted by Crippen LogP contribution is -2.17. The van der Waals surface area contributed by atoms with E-state index in [0.29, 0.717) is 6.54 Å². The third-order valence-corrected chi connectivity index (χ3v) is 4.44. The molecule has 0 saturated carbocycles. The second kappa shape index (κ2) is 6.48. The number of aliphatic imine (C=N–C) groups is 2. The Kier molecular flexibility index (Phi) is 4.02. The standard InChI is InChI=1S/C23H20N2/c1-16-7-5-10-18(13-16)22-23(19-11-6-8-17(2)14-19)25-21-12-4-3-9-20(21)15-24-22/h3-14H,15H2,1-2H3. The van der Waals surface area contributed by atoms with Crippen molar-refractivity contribution in [2.75, 3.05) is 0 Å². The van der Waals surface area contributed by atoms with Crippen molar-refractivity contribution in [3.8, 4) is 0 Å². The van der Waals surface area contributed by atoms with Gasteiger partial charge in [-0.15, -0.1) is 0 Å². The Balaban J connectivity index is 1.94. The molecule has 2 nitrogen and oxygen atoms in total. The number of nitrogens with zero attached hydrogens (tertiary/aromatic N) is 2. The molecule has 0 spiro atoms. The van der Waals surface area contributed by atoms with Gasteiger partial charge in [0.15, 0.2) is 0 Å². The van der Waals surface area contributed by atoms with Crippen molar-refractivity contribution in [1.29, 1.82) is 0 Å². The predicted octanol–water partition coefficient (Wildman–Crippen LogP) is 5.43.